The van der Waals surface area contributed by atoms with Crippen LogP contribution in [-0.4, -0.2) is 136 Å². The summed E-state index contributed by atoms with van der Waals surface area (Å²) in [6.45, 7) is 5.90. The Bertz CT molecular complexity index is 2750. The maximum Gasteiger partial charge on any atom is 0.262 e. The molecule has 4 aromatic rings. The Kier molecular flexibility index (Phi) is 16.5. The summed E-state index contributed by atoms with van der Waals surface area (Å²) in [6.07, 6.45) is 2.36. The number of piperidine rings is 1. The summed E-state index contributed by atoms with van der Waals surface area (Å²) < 4.78 is 95.3. The second-order valence-electron chi connectivity index (χ2n) is 16.4. The van der Waals surface area contributed by atoms with Crippen molar-refractivity contribution in [1.82, 2.24) is 29.9 Å². The van der Waals surface area contributed by atoms with E-state index >= 15 is 4.39 Å². The third-order valence-corrected chi connectivity index (χ3v) is 12.5. The zero-order valence-electron chi connectivity index (χ0n) is 38.1. The van der Waals surface area contributed by atoms with Gasteiger partial charge in [-0.15, -0.1) is 0 Å². The Hall–Kier alpha value is -6.90. The average Bonchev–Trinajstić information content (AvgIpc) is 3.55. The van der Waals surface area contributed by atoms with Gasteiger partial charge >= 0.3 is 0 Å². The van der Waals surface area contributed by atoms with E-state index in [1.54, 1.807) is 6.07 Å². The molecule has 8 N–H and O–H groups in total. The number of ether oxygens (including phenoxy) is 4. The molecular formula is C45H52F3N11O10S. The Morgan fingerprint density at radius 2 is 1.66 bits per heavy atom. The predicted octanol–water partition coefficient (Wildman–Crippen LogP) is 2.73. The fourth-order valence-corrected chi connectivity index (χ4v) is 8.68. The maximum atomic E-state index is 15.1. The van der Waals surface area contributed by atoms with Gasteiger partial charge < -0.3 is 45.2 Å². The van der Waals surface area contributed by atoms with Crippen molar-refractivity contribution in [3.8, 4) is 17.0 Å². The van der Waals surface area contributed by atoms with Gasteiger partial charge in [-0.25, -0.2) is 42.1 Å². The van der Waals surface area contributed by atoms with Crippen LogP contribution in [0, 0.1) is 17.5 Å². The first kappa shape index (κ1) is 51.0. The number of fused-ring (bicyclic) bond motifs is 2. The number of carbonyl (C=O) groups is 4. The lowest BCUT2D eigenvalue weighted by Gasteiger charge is -2.34. The number of nitrogens with zero attached hydrogens (tertiary/aromatic N) is 5. The molecule has 0 aliphatic carbocycles. The summed E-state index contributed by atoms with van der Waals surface area (Å²) >= 11 is 0. The topological polar surface area (TPSA) is 275 Å². The molecule has 70 heavy (non-hydrogen) atoms. The van der Waals surface area contributed by atoms with Gasteiger partial charge in [0, 0.05) is 43.0 Å². The molecule has 0 bridgehead atoms. The summed E-state index contributed by atoms with van der Waals surface area (Å²) in [7, 11) is -3.93. The number of rotatable bonds is 23. The predicted molar refractivity (Wildman–Crippen MR) is 247 cm³/mol. The lowest BCUT2D eigenvalue weighted by Crippen LogP contribution is -2.54. The molecule has 4 amide bonds. The molecule has 4 heterocycles. The first-order valence-electron chi connectivity index (χ1n) is 22.1. The molecule has 374 valence electrons. The summed E-state index contributed by atoms with van der Waals surface area (Å²) in [5, 5.41) is 9.16. The minimum atomic E-state index is -3.93. The van der Waals surface area contributed by atoms with E-state index in [-0.39, 0.29) is 129 Å². The van der Waals surface area contributed by atoms with Crippen molar-refractivity contribution in [2.75, 3.05) is 88.0 Å². The molecule has 0 radical (unpaired) electrons. The fraction of sp³-hybridized carbons (Fsp3) is 0.378. The van der Waals surface area contributed by atoms with Gasteiger partial charge in [0.1, 0.15) is 24.2 Å². The van der Waals surface area contributed by atoms with Crippen LogP contribution in [0.4, 0.5) is 36.2 Å². The fourth-order valence-electron chi connectivity index (χ4n) is 7.66. The van der Waals surface area contributed by atoms with Crippen LogP contribution in [-0.2, 0) is 33.8 Å². The number of nitrogens with one attached hydrogen (secondary N) is 4. The Morgan fingerprint density at radius 3 is 2.39 bits per heavy atom. The van der Waals surface area contributed by atoms with Gasteiger partial charge in [-0.1, -0.05) is 0 Å². The van der Waals surface area contributed by atoms with E-state index < -0.39 is 57.1 Å². The molecule has 1 fully saturated rings. The monoisotopic (exact) mass is 995 g/mol. The summed E-state index contributed by atoms with van der Waals surface area (Å²) in [4.78, 5) is 60.6. The summed E-state index contributed by atoms with van der Waals surface area (Å²) in [6, 6.07) is 9.53. The van der Waals surface area contributed by atoms with Crippen molar-refractivity contribution in [2.24, 2.45) is 11.6 Å². The molecule has 1 unspecified atom stereocenters. The number of imide groups is 2. The number of amides is 4. The molecule has 3 aliphatic rings. The van der Waals surface area contributed by atoms with E-state index in [1.165, 1.54) is 41.5 Å². The number of aromatic nitrogens is 2. The molecule has 21 nitrogen and oxygen atoms in total. The SMILES string of the molecule is CC(C)N1CCOc2c(F)cc(-c3nc(Nc4ccc(S(=O)(=O)NCCOC/C(N)=C/N(N)CCOCCOCCNc5cc6c(cc5F)C(=O)N(C5CCC(=O)NC5=O)C6=O)cc4)ncc3F)cc21. The van der Waals surface area contributed by atoms with Crippen LogP contribution in [0.25, 0.3) is 11.3 Å². The minimum absolute atomic E-state index is 0.00365. The number of nitrogens with two attached hydrogens (primary N) is 2. The summed E-state index contributed by atoms with van der Waals surface area (Å²) in [5.74, 6) is 1.09. The number of carbonyl (C=O) groups excluding carboxylic acids is 4. The van der Waals surface area contributed by atoms with Crippen molar-refractivity contribution >= 4 is 56.7 Å². The highest BCUT2D eigenvalue weighted by molar-refractivity contribution is 7.89. The number of hydrogen-bond acceptors (Lipinski definition) is 18. The van der Waals surface area contributed by atoms with Crippen LogP contribution in [0.15, 0.2) is 71.5 Å². The van der Waals surface area contributed by atoms with Gasteiger partial charge in [0.05, 0.1) is 92.0 Å². The number of hydrogen-bond donors (Lipinski definition) is 6. The smallest absolute Gasteiger partial charge is 0.262 e. The first-order valence-corrected chi connectivity index (χ1v) is 23.6. The molecule has 25 heteroatoms. The van der Waals surface area contributed by atoms with Gasteiger partial charge in [-0.05, 0) is 68.8 Å². The van der Waals surface area contributed by atoms with E-state index in [1.807, 2.05) is 18.7 Å². The zero-order chi connectivity index (χ0) is 50.1. The summed E-state index contributed by atoms with van der Waals surface area (Å²) in [5.41, 5.74) is 6.99. The van der Waals surface area contributed by atoms with Gasteiger partial charge in [0.25, 0.3) is 11.8 Å². The highest BCUT2D eigenvalue weighted by Gasteiger charge is 2.45. The van der Waals surface area contributed by atoms with E-state index in [2.05, 4.69) is 30.6 Å². The number of sulfonamides is 1. The van der Waals surface area contributed by atoms with Crippen molar-refractivity contribution in [3.63, 3.8) is 0 Å². The molecule has 1 aromatic heterocycles. The molecule has 7 rings (SSSR count). The molecule has 3 aliphatic heterocycles. The van der Waals surface area contributed by atoms with Crippen LogP contribution in [0.3, 0.4) is 0 Å². The molecular weight excluding hydrogens is 944 g/mol. The molecule has 1 saturated heterocycles. The normalized spacial score (nSPS) is 16.0. The quantitative estimate of drug-likeness (QED) is 0.0270. The third-order valence-electron chi connectivity index (χ3n) is 11.1. The van der Waals surface area contributed by atoms with E-state index in [0.29, 0.717) is 24.5 Å². The number of benzene rings is 3. The van der Waals surface area contributed by atoms with Crippen molar-refractivity contribution < 1.29 is 59.7 Å². The highest BCUT2D eigenvalue weighted by Crippen LogP contribution is 2.39. The van der Waals surface area contributed by atoms with E-state index in [4.69, 9.17) is 30.5 Å². The Balaban J connectivity index is 0.756. The maximum absolute atomic E-state index is 15.1. The number of anilines is 4. The van der Waals surface area contributed by atoms with Gasteiger partial charge in [-0.3, -0.25) is 29.4 Å². The van der Waals surface area contributed by atoms with Crippen molar-refractivity contribution in [3.05, 3.63) is 95.2 Å². The Morgan fingerprint density at radius 1 is 0.943 bits per heavy atom. The lowest BCUT2D eigenvalue weighted by molar-refractivity contribution is -0.136. The number of hydrazine groups is 1. The van der Waals surface area contributed by atoms with Crippen LogP contribution in [0.1, 0.15) is 47.4 Å². The van der Waals surface area contributed by atoms with Crippen LogP contribution >= 0.6 is 0 Å². The van der Waals surface area contributed by atoms with E-state index in [9.17, 15) is 36.4 Å². The second kappa shape index (κ2) is 22.7. The van der Waals surface area contributed by atoms with E-state index in [0.717, 1.165) is 23.2 Å². The van der Waals surface area contributed by atoms with Crippen LogP contribution in [0.2, 0.25) is 0 Å². The average molecular weight is 996 g/mol. The third kappa shape index (κ3) is 12.3. The largest absolute Gasteiger partial charge is 0.486 e. The van der Waals surface area contributed by atoms with Crippen LogP contribution < -0.4 is 41.9 Å². The molecule has 3 aromatic carbocycles. The second-order valence-corrected chi connectivity index (χ2v) is 18.1. The number of halogens is 3. The molecule has 1 atom stereocenters. The molecule has 0 saturated carbocycles. The standard InChI is InChI=1S/C45H52F3N11O10S/c1-26(2)58-12-16-69-41-34(47)19-27(20-38(41)58)40-35(48)23-52-45(56-40)54-29-3-5-30(6-4-29)70(64,65)53-10-14-68-25-28(49)24-57(50)11-15-67-18-17-66-13-9-51-36-22-32-31(21-33(36)46)43(62)59(44(32)63)37-7-8-39(60)55-42(37)61/h3-6,19-24,26,37,51,53H,7-18,25,49-50H2,1-2H3,(H,52,54,56)(H,55,60,61)/b28-24-. The van der Waals surface area contributed by atoms with Gasteiger partial charge in [0.2, 0.25) is 27.8 Å². The lowest BCUT2D eigenvalue weighted by atomic mass is 10.0. The minimum Gasteiger partial charge on any atom is -0.486 e. The van der Waals surface area contributed by atoms with Crippen molar-refractivity contribution in [2.45, 2.75) is 43.7 Å². The molecule has 0 spiro atoms. The van der Waals surface area contributed by atoms with Crippen molar-refractivity contribution in [1.29, 1.82) is 0 Å². The Labute approximate surface area is 400 Å². The first-order chi connectivity index (χ1) is 33.5. The van der Waals surface area contributed by atoms with Gasteiger partial charge in [0.15, 0.2) is 17.4 Å². The van der Waals surface area contributed by atoms with Crippen LogP contribution in [0.5, 0.6) is 5.75 Å². The zero-order valence-corrected chi connectivity index (χ0v) is 39.0. The van der Waals surface area contributed by atoms with Gasteiger partial charge in [-0.2, -0.15) is 0 Å². The highest BCUT2D eigenvalue weighted by atomic mass is 32.2.